The lowest BCUT2D eigenvalue weighted by Crippen LogP contribution is -2.23. The molecule has 2 N–H and O–H groups in total. The van der Waals surface area contributed by atoms with Crippen molar-refractivity contribution in [2.75, 3.05) is 7.11 Å². The summed E-state index contributed by atoms with van der Waals surface area (Å²) in [6, 6.07) is 23.2. The van der Waals surface area contributed by atoms with E-state index in [0.717, 1.165) is 33.4 Å². The maximum atomic E-state index is 12.9. The number of pyridine rings is 2. The molecule has 7 heteroatoms. The molecule has 0 aliphatic rings. The van der Waals surface area contributed by atoms with Crippen molar-refractivity contribution in [1.82, 2.24) is 25.3 Å². The van der Waals surface area contributed by atoms with Gasteiger partial charge in [-0.2, -0.15) is 0 Å². The number of amides is 1. The van der Waals surface area contributed by atoms with Gasteiger partial charge in [-0.05, 0) is 24.3 Å². The number of methoxy groups -OCH3 is 1. The van der Waals surface area contributed by atoms with Crippen LogP contribution in [-0.4, -0.2) is 33.0 Å². The molecule has 1 amide bonds. The van der Waals surface area contributed by atoms with E-state index in [1.165, 1.54) is 0 Å². The molecule has 0 aliphatic carbocycles. The molecular weight excluding hydrogens is 414 g/mol. The van der Waals surface area contributed by atoms with E-state index in [4.69, 9.17) is 4.74 Å². The smallest absolute Gasteiger partial charge is 0.253 e. The van der Waals surface area contributed by atoms with Crippen molar-refractivity contribution in [3.8, 4) is 28.3 Å². The van der Waals surface area contributed by atoms with Crippen molar-refractivity contribution >= 4 is 16.9 Å². The van der Waals surface area contributed by atoms with Gasteiger partial charge in [-0.25, -0.2) is 9.97 Å². The molecule has 0 saturated heterocycles. The molecule has 7 nitrogen and oxygen atoms in total. The zero-order valence-electron chi connectivity index (χ0n) is 17.9. The van der Waals surface area contributed by atoms with Crippen LogP contribution in [0.4, 0.5) is 0 Å². The first kappa shape index (κ1) is 20.4. The summed E-state index contributed by atoms with van der Waals surface area (Å²) in [7, 11) is 1.58. The fourth-order valence-corrected chi connectivity index (χ4v) is 3.65. The largest absolute Gasteiger partial charge is 0.481 e. The van der Waals surface area contributed by atoms with Gasteiger partial charge in [-0.3, -0.25) is 9.78 Å². The molecule has 0 atom stereocenters. The molecule has 33 heavy (non-hydrogen) atoms. The Kier molecular flexibility index (Phi) is 5.51. The molecule has 0 saturated carbocycles. The highest BCUT2D eigenvalue weighted by molar-refractivity contribution is 5.96. The number of aromatic amines is 1. The summed E-state index contributed by atoms with van der Waals surface area (Å²) in [5, 5.41) is 2.92. The number of nitrogens with one attached hydrogen (secondary N) is 2. The first-order chi connectivity index (χ1) is 16.2. The first-order valence-electron chi connectivity index (χ1n) is 10.5. The average Bonchev–Trinajstić information content (AvgIpc) is 3.30. The summed E-state index contributed by atoms with van der Waals surface area (Å²) in [6.07, 6.45) is 3.31. The second-order valence-corrected chi connectivity index (χ2v) is 7.46. The van der Waals surface area contributed by atoms with Crippen LogP contribution >= 0.6 is 0 Å². The second-order valence-electron chi connectivity index (χ2n) is 7.46. The molecule has 3 heterocycles. The SMILES string of the molecule is COc1ccc(-c2cc(C(=O)NCc3nc4ccccc4[nH]3)cnc2-c2ccccc2)cn1. The van der Waals surface area contributed by atoms with Gasteiger partial charge < -0.3 is 15.0 Å². The summed E-state index contributed by atoms with van der Waals surface area (Å²) in [5.74, 6) is 0.982. The van der Waals surface area contributed by atoms with Gasteiger partial charge in [0.2, 0.25) is 5.88 Å². The molecule has 0 fully saturated rings. The Balaban J connectivity index is 1.45. The first-order valence-corrected chi connectivity index (χ1v) is 10.5. The fraction of sp³-hybridized carbons (Fsp3) is 0.0769. The summed E-state index contributed by atoms with van der Waals surface area (Å²) in [4.78, 5) is 29.6. The Bertz CT molecular complexity index is 1380. The van der Waals surface area contributed by atoms with Crippen LogP contribution in [-0.2, 0) is 6.54 Å². The number of benzene rings is 2. The third-order valence-corrected chi connectivity index (χ3v) is 5.31. The molecule has 3 aromatic heterocycles. The van der Waals surface area contributed by atoms with Crippen LogP contribution < -0.4 is 10.1 Å². The van der Waals surface area contributed by atoms with Gasteiger partial charge in [-0.1, -0.05) is 42.5 Å². The monoisotopic (exact) mass is 435 g/mol. The van der Waals surface area contributed by atoms with Crippen molar-refractivity contribution < 1.29 is 9.53 Å². The van der Waals surface area contributed by atoms with Crippen molar-refractivity contribution in [2.24, 2.45) is 0 Å². The molecule has 0 spiro atoms. The molecule has 0 unspecified atom stereocenters. The van der Waals surface area contributed by atoms with E-state index in [-0.39, 0.29) is 12.5 Å². The molecule has 0 radical (unpaired) electrons. The van der Waals surface area contributed by atoms with Gasteiger partial charge in [0.25, 0.3) is 5.91 Å². The Hall–Kier alpha value is -4.52. The van der Waals surface area contributed by atoms with Gasteiger partial charge in [0.05, 0.1) is 35.9 Å². The van der Waals surface area contributed by atoms with Crippen molar-refractivity contribution in [1.29, 1.82) is 0 Å². The number of hydrogen-bond donors (Lipinski definition) is 2. The van der Waals surface area contributed by atoms with E-state index in [2.05, 4.69) is 25.3 Å². The third kappa shape index (κ3) is 4.29. The van der Waals surface area contributed by atoms with Gasteiger partial charge >= 0.3 is 0 Å². The molecule has 162 valence electrons. The van der Waals surface area contributed by atoms with Crippen LogP contribution in [0.5, 0.6) is 5.88 Å². The topological polar surface area (TPSA) is 92.8 Å². The summed E-state index contributed by atoms with van der Waals surface area (Å²) >= 11 is 0. The lowest BCUT2D eigenvalue weighted by atomic mass is 9.99. The summed E-state index contributed by atoms with van der Waals surface area (Å²) < 4.78 is 5.18. The predicted molar refractivity (Wildman–Crippen MR) is 127 cm³/mol. The minimum Gasteiger partial charge on any atom is -0.481 e. The number of carbonyl (C=O) groups is 1. The number of rotatable bonds is 6. The highest BCUT2D eigenvalue weighted by Crippen LogP contribution is 2.31. The molecular formula is C26H21N5O2. The molecule has 0 aliphatic heterocycles. The van der Waals surface area contributed by atoms with Gasteiger partial charge in [0.15, 0.2) is 0 Å². The summed E-state index contributed by atoms with van der Waals surface area (Å²) in [6.45, 7) is 0.285. The van der Waals surface area contributed by atoms with E-state index in [1.807, 2.05) is 66.7 Å². The Morgan fingerprint density at radius 3 is 2.52 bits per heavy atom. The Morgan fingerprint density at radius 1 is 0.939 bits per heavy atom. The van der Waals surface area contributed by atoms with Crippen molar-refractivity contribution in [3.05, 3.63) is 96.6 Å². The van der Waals surface area contributed by atoms with Crippen LogP contribution in [0.1, 0.15) is 16.2 Å². The number of nitrogens with zero attached hydrogens (tertiary/aromatic N) is 3. The number of carbonyl (C=O) groups excluding carboxylic acids is 1. The van der Waals surface area contributed by atoms with Gasteiger partial charge in [-0.15, -0.1) is 0 Å². The standard InChI is InChI=1S/C26H21N5O2/c1-33-24-12-11-18(14-27-24)20-13-19(15-28-25(20)17-7-3-2-4-8-17)26(32)29-16-23-30-21-9-5-6-10-22(21)31-23/h2-15H,16H2,1H3,(H,29,32)(H,30,31). The van der Waals surface area contributed by atoms with Crippen LogP contribution in [0.25, 0.3) is 33.4 Å². The zero-order chi connectivity index (χ0) is 22.6. The van der Waals surface area contributed by atoms with Crippen LogP contribution in [0, 0.1) is 0 Å². The Morgan fingerprint density at radius 2 is 1.76 bits per heavy atom. The molecule has 2 aromatic carbocycles. The highest BCUT2D eigenvalue weighted by atomic mass is 16.5. The van der Waals surface area contributed by atoms with Gasteiger partial charge in [0.1, 0.15) is 5.82 Å². The maximum Gasteiger partial charge on any atom is 0.253 e. The number of ether oxygens (including phenoxy) is 1. The number of para-hydroxylation sites is 2. The third-order valence-electron chi connectivity index (χ3n) is 5.31. The average molecular weight is 435 g/mol. The van der Waals surface area contributed by atoms with Crippen LogP contribution in [0.15, 0.2) is 85.2 Å². The second kappa shape index (κ2) is 8.92. The van der Waals surface area contributed by atoms with Crippen LogP contribution in [0.2, 0.25) is 0 Å². The number of fused-ring (bicyclic) bond motifs is 1. The van der Waals surface area contributed by atoms with Crippen LogP contribution in [0.3, 0.4) is 0 Å². The van der Waals surface area contributed by atoms with Crippen molar-refractivity contribution in [3.63, 3.8) is 0 Å². The van der Waals surface area contributed by atoms with E-state index in [9.17, 15) is 4.79 Å². The number of hydrogen-bond acceptors (Lipinski definition) is 5. The number of imidazole rings is 1. The molecule has 5 aromatic rings. The summed E-state index contributed by atoms with van der Waals surface area (Å²) in [5.41, 5.74) is 5.64. The molecule has 5 rings (SSSR count). The van der Waals surface area contributed by atoms with Gasteiger partial charge in [0, 0.05) is 35.2 Å². The number of aromatic nitrogens is 4. The van der Waals surface area contributed by atoms with E-state index in [0.29, 0.717) is 17.3 Å². The number of H-pyrrole nitrogens is 1. The van der Waals surface area contributed by atoms with E-state index in [1.54, 1.807) is 25.6 Å². The lowest BCUT2D eigenvalue weighted by Gasteiger charge is -2.12. The lowest BCUT2D eigenvalue weighted by molar-refractivity contribution is 0.0949. The Labute approximate surface area is 190 Å². The van der Waals surface area contributed by atoms with E-state index < -0.39 is 0 Å². The highest BCUT2D eigenvalue weighted by Gasteiger charge is 2.15. The van der Waals surface area contributed by atoms with Crippen molar-refractivity contribution in [2.45, 2.75) is 6.54 Å². The minimum atomic E-state index is -0.231. The van der Waals surface area contributed by atoms with E-state index >= 15 is 0 Å². The zero-order valence-corrected chi connectivity index (χ0v) is 17.9. The quantitative estimate of drug-likeness (QED) is 0.406. The maximum absolute atomic E-state index is 12.9. The minimum absolute atomic E-state index is 0.231. The molecule has 0 bridgehead atoms. The predicted octanol–water partition coefficient (Wildman–Crippen LogP) is 4.63. The normalized spacial score (nSPS) is 10.8. The fourth-order valence-electron chi connectivity index (χ4n) is 3.65.